The van der Waals surface area contributed by atoms with Crippen molar-refractivity contribution < 1.29 is 59.3 Å². The number of carbonyl (C=O) groups excluding carboxylic acids is 1. The Balaban J connectivity index is 1.83. The maximum absolute atomic E-state index is 13.4. The summed E-state index contributed by atoms with van der Waals surface area (Å²) in [6.45, 7) is 0. The summed E-state index contributed by atoms with van der Waals surface area (Å²) < 4.78 is 11.0. The molecule has 4 rings (SSSR count). The molecule has 200 valence electrons. The van der Waals surface area contributed by atoms with Crippen molar-refractivity contribution in [2.75, 3.05) is 0 Å². The van der Waals surface area contributed by atoms with Crippen LogP contribution in [-0.4, -0.2) is 59.8 Å². The summed E-state index contributed by atoms with van der Waals surface area (Å²) >= 11 is 0. The van der Waals surface area contributed by atoms with Crippen LogP contribution in [0.5, 0.6) is 28.7 Å². The third-order valence-corrected chi connectivity index (χ3v) is 5.64. The van der Waals surface area contributed by atoms with Crippen LogP contribution in [0.4, 0.5) is 0 Å². The highest BCUT2D eigenvalue weighted by molar-refractivity contribution is 6.11. The molecule has 0 saturated heterocycles. The zero-order valence-corrected chi connectivity index (χ0v) is 19.7. The molecule has 3 aromatic carbocycles. The Labute approximate surface area is 218 Å². The van der Waals surface area contributed by atoms with E-state index in [9.17, 15) is 45.0 Å². The van der Waals surface area contributed by atoms with Gasteiger partial charge in [0.15, 0.2) is 34.3 Å². The van der Waals surface area contributed by atoms with Crippen molar-refractivity contribution in [1.29, 1.82) is 0 Å². The fraction of sp³-hybridized carbons (Fsp3) is 0.0741. The fourth-order valence-corrected chi connectivity index (χ4v) is 3.82. The van der Waals surface area contributed by atoms with Crippen molar-refractivity contribution in [2.24, 2.45) is 0 Å². The number of aliphatic carboxylic acids is 2. The number of aromatic hydroxyl groups is 5. The summed E-state index contributed by atoms with van der Waals surface area (Å²) in [7, 11) is 0. The molecule has 1 heterocycles. The largest absolute Gasteiger partial charge is 0.504 e. The Morgan fingerprint density at radius 1 is 0.821 bits per heavy atom. The number of carboxylic acid groups (broad SMARTS) is 2. The number of furan rings is 1. The first kappa shape index (κ1) is 26.4. The maximum atomic E-state index is 13.4. The molecule has 0 amide bonds. The van der Waals surface area contributed by atoms with E-state index in [2.05, 4.69) is 0 Å². The topological polar surface area (TPSA) is 215 Å². The lowest BCUT2D eigenvalue weighted by atomic mass is 10.0. The molecule has 0 aliphatic heterocycles. The SMILES string of the molecule is O=C(O)/C=C/c1cc(O)c2oc(-c3ccc(O)c(O)c3)c(C(=O)O[C@H](Cc3ccc(O)c(O)c3)C(=O)O)c2c1. The normalized spacial score (nSPS) is 12.0. The number of phenols is 5. The third-order valence-electron chi connectivity index (χ3n) is 5.64. The second-order valence-electron chi connectivity index (χ2n) is 8.36. The molecule has 4 aromatic rings. The second kappa shape index (κ2) is 10.4. The molecule has 12 heteroatoms. The van der Waals surface area contributed by atoms with Gasteiger partial charge in [0.25, 0.3) is 0 Å². The average molecular weight is 536 g/mol. The quantitative estimate of drug-likeness (QED) is 0.0977. The molecule has 7 N–H and O–H groups in total. The maximum Gasteiger partial charge on any atom is 0.345 e. The number of carboxylic acids is 2. The van der Waals surface area contributed by atoms with Crippen LogP contribution in [-0.2, 0) is 20.7 Å². The monoisotopic (exact) mass is 536 g/mol. The van der Waals surface area contributed by atoms with Gasteiger partial charge < -0.3 is 44.9 Å². The number of rotatable bonds is 8. The number of fused-ring (bicyclic) bond motifs is 1. The van der Waals surface area contributed by atoms with Crippen molar-refractivity contribution in [2.45, 2.75) is 12.5 Å². The summed E-state index contributed by atoms with van der Waals surface area (Å²) in [5.41, 5.74) is -0.120. The molecule has 0 aliphatic carbocycles. The molecule has 0 radical (unpaired) electrons. The van der Waals surface area contributed by atoms with E-state index in [1.54, 1.807) is 0 Å². The number of ether oxygens (including phenoxy) is 1. The third kappa shape index (κ3) is 5.54. The first-order valence-electron chi connectivity index (χ1n) is 11.1. The van der Waals surface area contributed by atoms with Crippen molar-refractivity contribution in [3.05, 3.63) is 71.3 Å². The van der Waals surface area contributed by atoms with Crippen molar-refractivity contribution in [3.8, 4) is 40.1 Å². The fourth-order valence-electron chi connectivity index (χ4n) is 3.82. The minimum absolute atomic E-state index is 0.0565. The van der Waals surface area contributed by atoms with Gasteiger partial charge >= 0.3 is 17.9 Å². The molecule has 1 aromatic heterocycles. The molecular weight excluding hydrogens is 516 g/mol. The van der Waals surface area contributed by atoms with E-state index in [1.165, 1.54) is 24.3 Å². The van der Waals surface area contributed by atoms with Crippen LogP contribution in [0.3, 0.4) is 0 Å². The zero-order valence-electron chi connectivity index (χ0n) is 19.7. The summed E-state index contributed by atoms with van der Waals surface area (Å²) in [5.74, 6) is -6.68. The zero-order chi connectivity index (χ0) is 28.4. The highest BCUT2D eigenvalue weighted by Crippen LogP contribution is 2.41. The summed E-state index contributed by atoms with van der Waals surface area (Å²) in [4.78, 5) is 36.3. The first-order chi connectivity index (χ1) is 18.4. The molecule has 0 aliphatic rings. The van der Waals surface area contributed by atoms with E-state index in [-0.39, 0.29) is 39.0 Å². The van der Waals surface area contributed by atoms with Gasteiger partial charge in [-0.3, -0.25) is 0 Å². The van der Waals surface area contributed by atoms with Gasteiger partial charge in [0.05, 0.1) is 0 Å². The molecule has 0 unspecified atom stereocenters. The van der Waals surface area contributed by atoms with E-state index in [0.29, 0.717) is 0 Å². The van der Waals surface area contributed by atoms with Crippen LogP contribution in [0.25, 0.3) is 28.4 Å². The lowest BCUT2D eigenvalue weighted by Gasteiger charge is -2.15. The Morgan fingerprint density at radius 3 is 2.10 bits per heavy atom. The Bertz CT molecular complexity index is 1650. The van der Waals surface area contributed by atoms with E-state index in [4.69, 9.17) is 14.3 Å². The van der Waals surface area contributed by atoms with Gasteiger partial charge in [-0.1, -0.05) is 6.07 Å². The predicted molar refractivity (Wildman–Crippen MR) is 134 cm³/mol. The van der Waals surface area contributed by atoms with Gasteiger partial charge in [-0.2, -0.15) is 0 Å². The van der Waals surface area contributed by atoms with Crippen molar-refractivity contribution in [3.63, 3.8) is 0 Å². The van der Waals surface area contributed by atoms with E-state index in [1.807, 2.05) is 0 Å². The standard InChI is InChI=1S/C27H20O12/c28-16-4-1-13(8-18(16)30)10-21(26(35)36)38-27(37)23-15-7-12(2-6-22(33)34)9-20(32)25(15)39-24(23)14-3-5-17(29)19(31)11-14/h1-9,11,21,28-32H,10H2,(H,33,34)(H,35,36)/b6-2+/t21-/m1/s1. The van der Waals surface area contributed by atoms with Crippen LogP contribution in [0, 0.1) is 0 Å². The molecule has 0 spiro atoms. The molecule has 1 atom stereocenters. The van der Waals surface area contributed by atoms with Crippen LogP contribution < -0.4 is 0 Å². The minimum Gasteiger partial charge on any atom is -0.504 e. The Hall–Kier alpha value is -5.65. The number of esters is 1. The van der Waals surface area contributed by atoms with Gasteiger partial charge in [-0.15, -0.1) is 0 Å². The lowest BCUT2D eigenvalue weighted by Crippen LogP contribution is -2.29. The van der Waals surface area contributed by atoms with E-state index in [0.717, 1.165) is 36.4 Å². The summed E-state index contributed by atoms with van der Waals surface area (Å²) in [5, 5.41) is 68.0. The van der Waals surface area contributed by atoms with Gasteiger partial charge in [0.1, 0.15) is 11.3 Å². The highest BCUT2D eigenvalue weighted by atomic mass is 16.6. The predicted octanol–water partition coefficient (Wildman–Crippen LogP) is 3.58. The first-order valence-corrected chi connectivity index (χ1v) is 11.1. The molecule has 0 saturated carbocycles. The van der Waals surface area contributed by atoms with Gasteiger partial charge in [0, 0.05) is 23.4 Å². The highest BCUT2D eigenvalue weighted by Gasteiger charge is 2.30. The van der Waals surface area contributed by atoms with Crippen LogP contribution in [0.1, 0.15) is 21.5 Å². The van der Waals surface area contributed by atoms with Crippen LogP contribution in [0.15, 0.2) is 59.0 Å². The Morgan fingerprint density at radius 2 is 1.49 bits per heavy atom. The van der Waals surface area contributed by atoms with Crippen molar-refractivity contribution in [1.82, 2.24) is 0 Å². The van der Waals surface area contributed by atoms with Crippen LogP contribution >= 0.6 is 0 Å². The summed E-state index contributed by atoms with van der Waals surface area (Å²) in [6.07, 6.45) is -0.216. The smallest absolute Gasteiger partial charge is 0.345 e. The van der Waals surface area contributed by atoms with Crippen LogP contribution in [0.2, 0.25) is 0 Å². The Kier molecular flexibility index (Phi) is 7.03. The number of carbonyl (C=O) groups is 3. The number of hydrogen-bond acceptors (Lipinski definition) is 10. The number of benzene rings is 3. The molecule has 0 bridgehead atoms. The molecular formula is C27H20O12. The number of hydrogen-bond donors (Lipinski definition) is 7. The molecule has 0 fully saturated rings. The average Bonchev–Trinajstić information content (AvgIpc) is 3.26. The van der Waals surface area contributed by atoms with Gasteiger partial charge in [-0.05, 0) is 59.7 Å². The minimum atomic E-state index is -1.77. The lowest BCUT2D eigenvalue weighted by molar-refractivity contribution is -0.147. The molecule has 12 nitrogen and oxygen atoms in total. The second-order valence-corrected chi connectivity index (χ2v) is 8.36. The van der Waals surface area contributed by atoms with Crippen molar-refractivity contribution >= 4 is 35.0 Å². The molecule has 39 heavy (non-hydrogen) atoms. The van der Waals surface area contributed by atoms with E-state index >= 15 is 0 Å². The van der Waals surface area contributed by atoms with E-state index < -0.39 is 59.2 Å². The summed E-state index contributed by atoms with van der Waals surface area (Å²) in [6, 6.07) is 9.54. The van der Waals surface area contributed by atoms with Gasteiger partial charge in [0.2, 0.25) is 6.10 Å². The van der Waals surface area contributed by atoms with Gasteiger partial charge in [-0.25, -0.2) is 14.4 Å². The number of phenolic OH excluding ortho intramolecular Hbond substituents is 5.